The number of carboxylic acids is 1. The minimum absolute atomic E-state index is 0.0301. The fraction of sp³-hybridized carbons (Fsp3) is 0.130. The molecule has 0 aliphatic heterocycles. The summed E-state index contributed by atoms with van der Waals surface area (Å²) in [6.07, 6.45) is 3.53. The Morgan fingerprint density at radius 2 is 1.71 bits per heavy atom. The second-order valence-electron chi connectivity index (χ2n) is 6.70. The molecule has 0 amide bonds. The van der Waals surface area contributed by atoms with Crippen molar-refractivity contribution in [2.45, 2.75) is 19.5 Å². The van der Waals surface area contributed by atoms with Crippen molar-refractivity contribution in [2.24, 2.45) is 0 Å². The number of rotatable bonds is 7. The van der Waals surface area contributed by atoms with Crippen molar-refractivity contribution in [1.82, 2.24) is 9.55 Å². The summed E-state index contributed by atoms with van der Waals surface area (Å²) in [7, 11) is 0. The molecule has 0 atom stereocenters. The van der Waals surface area contributed by atoms with E-state index in [0.29, 0.717) is 13.1 Å². The highest BCUT2D eigenvalue weighted by Gasteiger charge is 2.19. The quantitative estimate of drug-likeness (QED) is 0.508. The predicted molar refractivity (Wildman–Crippen MR) is 110 cm³/mol. The molecule has 5 heteroatoms. The molecule has 28 heavy (non-hydrogen) atoms. The summed E-state index contributed by atoms with van der Waals surface area (Å²) in [5, 5.41) is 13.9. The summed E-state index contributed by atoms with van der Waals surface area (Å²) in [6.45, 7) is 1.24. The number of hydrogen-bond acceptors (Lipinski definition) is 3. The van der Waals surface area contributed by atoms with Crippen molar-refractivity contribution >= 4 is 22.7 Å². The van der Waals surface area contributed by atoms with Crippen molar-refractivity contribution < 1.29 is 9.90 Å². The van der Waals surface area contributed by atoms with E-state index in [-0.39, 0.29) is 6.42 Å². The van der Waals surface area contributed by atoms with Crippen LogP contribution in [0.2, 0.25) is 0 Å². The van der Waals surface area contributed by atoms with E-state index in [1.54, 1.807) is 6.20 Å². The first-order valence-corrected chi connectivity index (χ1v) is 9.21. The Balaban J connectivity index is 1.80. The summed E-state index contributed by atoms with van der Waals surface area (Å²) < 4.78 is 2.17. The van der Waals surface area contributed by atoms with Crippen molar-refractivity contribution in [1.29, 1.82) is 0 Å². The number of anilines is 1. The minimum Gasteiger partial charge on any atom is -0.481 e. The van der Waals surface area contributed by atoms with E-state index in [2.05, 4.69) is 27.0 Å². The van der Waals surface area contributed by atoms with Gasteiger partial charge in [-0.25, -0.2) is 0 Å². The van der Waals surface area contributed by atoms with Crippen LogP contribution in [0.15, 0.2) is 79.1 Å². The molecule has 140 valence electrons. The molecule has 0 bridgehead atoms. The van der Waals surface area contributed by atoms with Crippen LogP contribution in [-0.2, 0) is 24.3 Å². The first-order valence-electron chi connectivity index (χ1n) is 9.21. The zero-order chi connectivity index (χ0) is 19.3. The normalized spacial score (nSPS) is 10.9. The maximum atomic E-state index is 11.6. The van der Waals surface area contributed by atoms with Gasteiger partial charge in [-0.1, -0.05) is 54.6 Å². The van der Waals surface area contributed by atoms with Gasteiger partial charge < -0.3 is 15.0 Å². The second kappa shape index (κ2) is 7.96. The number of pyridine rings is 1. The number of benzene rings is 2. The van der Waals surface area contributed by atoms with E-state index >= 15 is 0 Å². The molecule has 0 saturated carbocycles. The zero-order valence-corrected chi connectivity index (χ0v) is 15.4. The third-order valence-electron chi connectivity index (χ3n) is 4.77. The molecule has 2 N–H and O–H groups in total. The van der Waals surface area contributed by atoms with Gasteiger partial charge in [-0.2, -0.15) is 0 Å². The van der Waals surface area contributed by atoms with Gasteiger partial charge >= 0.3 is 5.97 Å². The Labute approximate surface area is 163 Å². The summed E-state index contributed by atoms with van der Waals surface area (Å²) in [6, 6.07) is 22.1. The van der Waals surface area contributed by atoms with Crippen molar-refractivity contribution in [3.63, 3.8) is 0 Å². The van der Waals surface area contributed by atoms with E-state index < -0.39 is 5.97 Å². The molecule has 2 aromatic carbocycles. The van der Waals surface area contributed by atoms with Crippen molar-refractivity contribution in [2.75, 3.05) is 5.32 Å². The van der Waals surface area contributed by atoms with Gasteiger partial charge in [-0.05, 0) is 23.3 Å². The highest BCUT2D eigenvalue weighted by Crippen LogP contribution is 2.32. The summed E-state index contributed by atoms with van der Waals surface area (Å²) in [5.41, 5.74) is 4.04. The molecule has 0 unspecified atom stereocenters. The molecule has 0 fully saturated rings. The number of hydrogen-bond donors (Lipinski definition) is 2. The molecule has 0 radical (unpaired) electrons. The standard InChI is InChI=1S/C23H21N3O2/c27-22(28)13-20-19-10-4-5-11-21(19)26(16-17-7-2-1-3-8-17)23(20)25-15-18-9-6-12-24-14-18/h1-12,14,25H,13,15-16H2,(H,27,28). The van der Waals surface area contributed by atoms with E-state index in [1.165, 1.54) is 0 Å². The lowest BCUT2D eigenvalue weighted by atomic mass is 10.1. The monoisotopic (exact) mass is 371 g/mol. The van der Waals surface area contributed by atoms with Crippen molar-refractivity contribution in [3.8, 4) is 0 Å². The van der Waals surface area contributed by atoms with Gasteiger partial charge in [0.05, 0.1) is 11.9 Å². The maximum Gasteiger partial charge on any atom is 0.307 e. The average Bonchev–Trinajstić information content (AvgIpc) is 3.00. The van der Waals surface area contributed by atoms with Crippen molar-refractivity contribution in [3.05, 3.63) is 95.8 Å². The molecular weight excluding hydrogens is 350 g/mol. The largest absolute Gasteiger partial charge is 0.481 e. The first-order chi connectivity index (χ1) is 13.7. The summed E-state index contributed by atoms with van der Waals surface area (Å²) in [4.78, 5) is 15.7. The van der Waals surface area contributed by atoms with Gasteiger partial charge in [-0.3, -0.25) is 9.78 Å². The lowest BCUT2D eigenvalue weighted by Crippen LogP contribution is -2.11. The number of para-hydroxylation sites is 1. The number of nitrogens with one attached hydrogen (secondary N) is 1. The number of carboxylic acid groups (broad SMARTS) is 1. The number of aliphatic carboxylic acids is 1. The highest BCUT2D eigenvalue weighted by molar-refractivity contribution is 5.93. The Morgan fingerprint density at radius 3 is 2.46 bits per heavy atom. The van der Waals surface area contributed by atoms with E-state index in [9.17, 15) is 9.90 Å². The average molecular weight is 371 g/mol. The summed E-state index contributed by atoms with van der Waals surface area (Å²) >= 11 is 0. The van der Waals surface area contributed by atoms with Crippen LogP contribution in [0.3, 0.4) is 0 Å². The maximum absolute atomic E-state index is 11.6. The van der Waals surface area contributed by atoms with Crippen LogP contribution in [0.25, 0.3) is 10.9 Å². The van der Waals surface area contributed by atoms with E-state index in [1.807, 2.05) is 60.8 Å². The van der Waals surface area contributed by atoms with Crippen LogP contribution in [0, 0.1) is 0 Å². The molecule has 4 aromatic rings. The molecule has 5 nitrogen and oxygen atoms in total. The van der Waals surface area contributed by atoms with Crippen LogP contribution in [0.4, 0.5) is 5.82 Å². The minimum atomic E-state index is -0.841. The van der Waals surface area contributed by atoms with Gasteiger partial charge in [0.25, 0.3) is 0 Å². The van der Waals surface area contributed by atoms with Crippen LogP contribution < -0.4 is 5.32 Å². The predicted octanol–water partition coefficient (Wildman–Crippen LogP) is 4.32. The Hall–Kier alpha value is -3.60. The van der Waals surface area contributed by atoms with Gasteiger partial charge in [-0.15, -0.1) is 0 Å². The first kappa shape index (κ1) is 17.8. The molecular formula is C23H21N3O2. The molecule has 0 spiro atoms. The Kier molecular flexibility index (Phi) is 5.06. The highest BCUT2D eigenvalue weighted by atomic mass is 16.4. The SMILES string of the molecule is O=C(O)Cc1c(NCc2cccnc2)n(Cc2ccccc2)c2ccccc12. The number of carbonyl (C=O) groups is 1. The lowest BCUT2D eigenvalue weighted by molar-refractivity contribution is -0.136. The number of fused-ring (bicyclic) bond motifs is 1. The zero-order valence-electron chi connectivity index (χ0n) is 15.4. The number of aromatic nitrogens is 2. The van der Waals surface area contributed by atoms with Gasteiger partial charge in [0.2, 0.25) is 0 Å². The lowest BCUT2D eigenvalue weighted by Gasteiger charge is -2.14. The molecule has 4 rings (SSSR count). The Morgan fingerprint density at radius 1 is 0.964 bits per heavy atom. The van der Waals surface area contributed by atoms with Crippen LogP contribution in [-0.4, -0.2) is 20.6 Å². The molecule has 2 aromatic heterocycles. The van der Waals surface area contributed by atoms with Crippen LogP contribution in [0.1, 0.15) is 16.7 Å². The van der Waals surface area contributed by atoms with Gasteiger partial charge in [0.1, 0.15) is 5.82 Å². The summed E-state index contributed by atoms with van der Waals surface area (Å²) in [5.74, 6) is 0.00310. The van der Waals surface area contributed by atoms with E-state index in [4.69, 9.17) is 0 Å². The van der Waals surface area contributed by atoms with Crippen LogP contribution in [0.5, 0.6) is 0 Å². The molecule has 0 aliphatic carbocycles. The smallest absolute Gasteiger partial charge is 0.307 e. The van der Waals surface area contributed by atoms with Gasteiger partial charge in [0.15, 0.2) is 0 Å². The Bertz CT molecular complexity index is 1090. The van der Waals surface area contributed by atoms with E-state index in [0.717, 1.165) is 33.4 Å². The fourth-order valence-corrected chi connectivity index (χ4v) is 3.53. The molecule has 0 saturated heterocycles. The fourth-order valence-electron chi connectivity index (χ4n) is 3.53. The third kappa shape index (κ3) is 3.74. The molecule has 0 aliphatic rings. The topological polar surface area (TPSA) is 67.2 Å². The third-order valence-corrected chi connectivity index (χ3v) is 4.77. The molecule has 2 heterocycles. The number of nitrogens with zero attached hydrogens (tertiary/aromatic N) is 2. The van der Waals surface area contributed by atoms with Gasteiger partial charge in [0, 0.05) is 36.4 Å². The van der Waals surface area contributed by atoms with Crippen LogP contribution >= 0.6 is 0 Å². The second-order valence-corrected chi connectivity index (χ2v) is 6.70.